The zero-order valence-electron chi connectivity index (χ0n) is 8.86. The van der Waals surface area contributed by atoms with Crippen molar-refractivity contribution >= 4 is 27.3 Å². The van der Waals surface area contributed by atoms with E-state index in [1.807, 2.05) is 6.26 Å². The summed E-state index contributed by atoms with van der Waals surface area (Å²) in [7, 11) is -3.15. The van der Waals surface area contributed by atoms with Crippen LogP contribution in [0.25, 0.3) is 0 Å². The molecule has 0 unspecified atom stereocenters. The van der Waals surface area contributed by atoms with E-state index in [1.54, 1.807) is 25.1 Å². The van der Waals surface area contributed by atoms with Gasteiger partial charge >= 0.3 is 0 Å². The maximum Gasteiger partial charge on any atom is 0.179 e. The molecule has 0 aromatic heterocycles. The van der Waals surface area contributed by atoms with E-state index in [0.29, 0.717) is 16.3 Å². The molecule has 0 amide bonds. The monoisotopic (exact) mass is 245 g/mol. The van der Waals surface area contributed by atoms with E-state index in [-0.39, 0.29) is 5.75 Å². The van der Waals surface area contributed by atoms with Crippen molar-refractivity contribution in [2.45, 2.75) is 11.8 Å². The number of hydrogen-bond donors (Lipinski definition) is 1. The maximum atomic E-state index is 11.9. The Morgan fingerprint density at radius 3 is 2.60 bits per heavy atom. The Balaban J connectivity index is 3.05. The van der Waals surface area contributed by atoms with Crippen LogP contribution >= 0.6 is 11.8 Å². The lowest BCUT2D eigenvalue weighted by atomic mass is 10.2. The van der Waals surface area contributed by atoms with E-state index in [2.05, 4.69) is 0 Å². The van der Waals surface area contributed by atoms with Gasteiger partial charge in [-0.3, -0.25) is 0 Å². The molecule has 1 aromatic rings. The summed E-state index contributed by atoms with van der Waals surface area (Å²) in [5, 5.41) is 0. The molecule has 0 radical (unpaired) electrons. The average molecular weight is 245 g/mol. The second kappa shape index (κ2) is 4.90. The van der Waals surface area contributed by atoms with E-state index >= 15 is 0 Å². The van der Waals surface area contributed by atoms with Crippen LogP contribution < -0.4 is 5.73 Å². The number of benzene rings is 1. The molecule has 3 nitrogen and oxygen atoms in total. The van der Waals surface area contributed by atoms with E-state index in [4.69, 9.17) is 5.73 Å². The number of sulfone groups is 1. The third kappa shape index (κ3) is 3.14. The number of rotatable bonds is 4. The quantitative estimate of drug-likeness (QED) is 0.820. The first kappa shape index (κ1) is 12.4. The summed E-state index contributed by atoms with van der Waals surface area (Å²) in [6.45, 7) is 1.77. The molecule has 0 aliphatic rings. The van der Waals surface area contributed by atoms with Crippen LogP contribution in [0.3, 0.4) is 0 Å². The molecule has 0 atom stereocenters. The van der Waals surface area contributed by atoms with E-state index in [9.17, 15) is 8.42 Å². The molecule has 0 saturated carbocycles. The van der Waals surface area contributed by atoms with Gasteiger partial charge in [0.15, 0.2) is 9.84 Å². The third-order valence-electron chi connectivity index (χ3n) is 2.09. The minimum absolute atomic E-state index is 0.179. The summed E-state index contributed by atoms with van der Waals surface area (Å²) in [5.41, 5.74) is 6.88. The van der Waals surface area contributed by atoms with Crippen molar-refractivity contribution < 1.29 is 8.42 Å². The number of nitrogen functional groups attached to an aromatic ring is 1. The number of aryl methyl sites for hydroxylation is 1. The fraction of sp³-hybridized carbons (Fsp3) is 0.400. The minimum atomic E-state index is -3.15. The molecule has 0 aliphatic heterocycles. The van der Waals surface area contributed by atoms with E-state index in [1.165, 1.54) is 11.8 Å². The molecule has 1 aromatic carbocycles. The molecule has 0 aliphatic carbocycles. The highest BCUT2D eigenvalue weighted by molar-refractivity contribution is 8.00. The van der Waals surface area contributed by atoms with Gasteiger partial charge in [0.2, 0.25) is 0 Å². The SMILES string of the molecule is CSCCS(=O)(=O)c1ccc(N)cc1C. The lowest BCUT2D eigenvalue weighted by molar-refractivity contribution is 0.597. The van der Waals surface area contributed by atoms with Crippen molar-refractivity contribution in [1.82, 2.24) is 0 Å². The third-order valence-corrected chi connectivity index (χ3v) is 4.83. The van der Waals surface area contributed by atoms with Gasteiger partial charge < -0.3 is 5.73 Å². The van der Waals surface area contributed by atoms with Crippen molar-refractivity contribution in [3.05, 3.63) is 23.8 Å². The second-order valence-corrected chi connectivity index (χ2v) is 6.40. The predicted octanol–water partition coefficient (Wildman–Crippen LogP) is 1.71. The van der Waals surface area contributed by atoms with Crippen molar-refractivity contribution in [3.8, 4) is 0 Å². The fourth-order valence-electron chi connectivity index (χ4n) is 1.32. The van der Waals surface area contributed by atoms with Crippen molar-refractivity contribution in [1.29, 1.82) is 0 Å². The normalized spacial score (nSPS) is 11.6. The van der Waals surface area contributed by atoms with Gasteiger partial charge in [-0.25, -0.2) is 8.42 Å². The van der Waals surface area contributed by atoms with Crippen LogP contribution in [0.15, 0.2) is 23.1 Å². The molecule has 0 saturated heterocycles. The van der Waals surface area contributed by atoms with Gasteiger partial charge in [-0.1, -0.05) is 0 Å². The molecule has 0 spiro atoms. The molecule has 5 heteroatoms. The number of anilines is 1. The molecule has 1 rings (SSSR count). The van der Waals surface area contributed by atoms with Gasteiger partial charge in [-0.15, -0.1) is 0 Å². The van der Waals surface area contributed by atoms with Gasteiger partial charge in [0.05, 0.1) is 10.6 Å². The lowest BCUT2D eigenvalue weighted by Crippen LogP contribution is -2.10. The average Bonchev–Trinajstić information content (AvgIpc) is 2.14. The Bertz CT molecular complexity index is 441. The molecule has 0 bridgehead atoms. The van der Waals surface area contributed by atoms with Crippen LogP contribution in [0.1, 0.15) is 5.56 Å². The second-order valence-electron chi connectivity index (χ2n) is 3.34. The summed E-state index contributed by atoms with van der Waals surface area (Å²) < 4.78 is 23.7. The van der Waals surface area contributed by atoms with Crippen molar-refractivity contribution in [2.24, 2.45) is 0 Å². The highest BCUT2D eigenvalue weighted by atomic mass is 32.2. The van der Waals surface area contributed by atoms with E-state index < -0.39 is 9.84 Å². The van der Waals surface area contributed by atoms with Crippen molar-refractivity contribution in [3.63, 3.8) is 0 Å². The predicted molar refractivity (Wildman–Crippen MR) is 66.0 cm³/mol. The van der Waals surface area contributed by atoms with Gasteiger partial charge in [0, 0.05) is 11.4 Å². The summed E-state index contributed by atoms with van der Waals surface area (Å²) >= 11 is 1.53. The molecule has 0 heterocycles. The van der Waals surface area contributed by atoms with Crippen LogP contribution in [0, 0.1) is 6.92 Å². The van der Waals surface area contributed by atoms with Gasteiger partial charge in [-0.05, 0) is 36.9 Å². The largest absolute Gasteiger partial charge is 0.399 e. The summed E-state index contributed by atoms with van der Waals surface area (Å²) in [5.74, 6) is 0.797. The zero-order valence-corrected chi connectivity index (χ0v) is 10.5. The summed E-state index contributed by atoms with van der Waals surface area (Å²) in [6, 6.07) is 4.89. The fourth-order valence-corrected chi connectivity index (χ4v) is 3.91. The van der Waals surface area contributed by atoms with Gasteiger partial charge in [-0.2, -0.15) is 11.8 Å². The Morgan fingerprint density at radius 2 is 2.07 bits per heavy atom. The van der Waals surface area contributed by atoms with Crippen LogP contribution in [0.2, 0.25) is 0 Å². The molecule has 84 valence electrons. The standard InChI is InChI=1S/C10H15NO2S2/c1-8-7-9(11)3-4-10(8)15(12,13)6-5-14-2/h3-4,7H,5-6,11H2,1-2H3. The topological polar surface area (TPSA) is 60.2 Å². The lowest BCUT2D eigenvalue weighted by Gasteiger charge is -2.07. The Hall–Kier alpha value is -0.680. The molecular formula is C10H15NO2S2. The molecular weight excluding hydrogens is 230 g/mol. The zero-order chi connectivity index (χ0) is 11.5. The summed E-state index contributed by atoms with van der Waals surface area (Å²) in [4.78, 5) is 0.394. The van der Waals surface area contributed by atoms with Crippen LogP contribution in [-0.2, 0) is 9.84 Å². The highest BCUT2D eigenvalue weighted by Gasteiger charge is 2.16. The number of hydrogen-bond acceptors (Lipinski definition) is 4. The first-order chi connectivity index (χ1) is 6.97. The van der Waals surface area contributed by atoms with Gasteiger partial charge in [0.25, 0.3) is 0 Å². The summed E-state index contributed by atoms with van der Waals surface area (Å²) in [6.07, 6.45) is 1.89. The van der Waals surface area contributed by atoms with Crippen LogP contribution in [0.4, 0.5) is 5.69 Å². The number of nitrogens with two attached hydrogens (primary N) is 1. The number of thioether (sulfide) groups is 1. The smallest absolute Gasteiger partial charge is 0.179 e. The minimum Gasteiger partial charge on any atom is -0.399 e. The van der Waals surface area contributed by atoms with Crippen molar-refractivity contribution in [2.75, 3.05) is 23.5 Å². The first-order valence-corrected chi connectivity index (χ1v) is 7.60. The van der Waals surface area contributed by atoms with Crippen LogP contribution in [0.5, 0.6) is 0 Å². The first-order valence-electron chi connectivity index (χ1n) is 4.55. The molecule has 2 N–H and O–H groups in total. The molecule has 0 fully saturated rings. The Labute approximate surface area is 95.0 Å². The maximum absolute atomic E-state index is 11.9. The van der Waals surface area contributed by atoms with E-state index in [0.717, 1.165) is 5.56 Å². The molecule has 15 heavy (non-hydrogen) atoms. The Morgan fingerprint density at radius 1 is 1.40 bits per heavy atom. The van der Waals surface area contributed by atoms with Gasteiger partial charge in [0.1, 0.15) is 0 Å². The van der Waals surface area contributed by atoms with Crippen LogP contribution in [-0.4, -0.2) is 26.2 Å². The highest BCUT2D eigenvalue weighted by Crippen LogP contribution is 2.19. The Kier molecular flexibility index (Phi) is 4.04.